The molecule has 2 aromatic heterocycles. The molecule has 0 aliphatic carbocycles. The zero-order valence-electron chi connectivity index (χ0n) is 12.6. The van der Waals surface area contributed by atoms with Gasteiger partial charge in [-0.05, 0) is 23.6 Å². The molecular weight excluding hydrogens is 352 g/mol. The average Bonchev–Trinajstić information content (AvgIpc) is 3.25. The van der Waals surface area contributed by atoms with Crippen molar-refractivity contribution in [1.29, 1.82) is 0 Å². The third-order valence-electron chi connectivity index (χ3n) is 3.07. The number of thiophene rings is 1. The molecule has 7 nitrogen and oxygen atoms in total. The van der Waals surface area contributed by atoms with Crippen molar-refractivity contribution >= 4 is 33.0 Å². The highest BCUT2D eigenvalue weighted by molar-refractivity contribution is 7.93. The summed E-state index contributed by atoms with van der Waals surface area (Å²) in [5, 5.41) is 5.17. The molecule has 0 fully saturated rings. The molecular formula is C15H16N2O5S2. The second kappa shape index (κ2) is 7.93. The number of carbonyl (C=O) groups is 2. The van der Waals surface area contributed by atoms with Crippen molar-refractivity contribution in [3.63, 3.8) is 0 Å². The zero-order chi connectivity index (χ0) is 17.6. The molecule has 0 aliphatic rings. The summed E-state index contributed by atoms with van der Waals surface area (Å²) < 4.78 is 30.8. The topological polar surface area (TPSA) is 105 Å². The Labute approximate surface area is 143 Å². The van der Waals surface area contributed by atoms with Crippen LogP contribution in [0.1, 0.15) is 11.0 Å². The van der Waals surface area contributed by atoms with Crippen LogP contribution in [-0.4, -0.2) is 33.3 Å². The van der Waals surface area contributed by atoms with Crippen LogP contribution in [0.15, 0.2) is 57.2 Å². The number of nitrogens with one attached hydrogen (secondary N) is 2. The predicted octanol–water partition coefficient (Wildman–Crippen LogP) is 1.27. The van der Waals surface area contributed by atoms with E-state index in [4.69, 9.17) is 4.42 Å². The van der Waals surface area contributed by atoms with Gasteiger partial charge in [0.1, 0.15) is 15.2 Å². The monoisotopic (exact) mass is 368 g/mol. The summed E-state index contributed by atoms with van der Waals surface area (Å²) >= 11 is 1.07. The highest BCUT2D eigenvalue weighted by Crippen LogP contribution is 2.31. The van der Waals surface area contributed by atoms with Crippen LogP contribution in [0.4, 0.5) is 0 Å². The van der Waals surface area contributed by atoms with Gasteiger partial charge in [0.15, 0.2) is 9.84 Å². The molecule has 2 heterocycles. The normalized spacial score (nSPS) is 12.3. The van der Waals surface area contributed by atoms with Crippen LogP contribution in [0.25, 0.3) is 0 Å². The molecule has 0 aromatic carbocycles. The molecule has 0 unspecified atom stereocenters. The number of hydrogen-bond donors (Lipinski definition) is 2. The highest BCUT2D eigenvalue weighted by Gasteiger charge is 2.33. The van der Waals surface area contributed by atoms with Crippen molar-refractivity contribution in [2.75, 3.05) is 13.1 Å². The molecule has 0 radical (unpaired) electrons. The minimum Gasteiger partial charge on any atom is -0.468 e. The van der Waals surface area contributed by atoms with Gasteiger partial charge in [-0.3, -0.25) is 9.59 Å². The van der Waals surface area contributed by atoms with Crippen molar-refractivity contribution < 1.29 is 22.4 Å². The number of sulfone groups is 1. The van der Waals surface area contributed by atoms with Crippen molar-refractivity contribution in [2.45, 2.75) is 9.46 Å². The number of carbonyl (C=O) groups excluding carboxylic acids is 2. The van der Waals surface area contributed by atoms with Crippen LogP contribution in [0.3, 0.4) is 0 Å². The van der Waals surface area contributed by atoms with Gasteiger partial charge in [-0.2, -0.15) is 0 Å². The quantitative estimate of drug-likeness (QED) is 0.566. The van der Waals surface area contributed by atoms with Gasteiger partial charge in [-0.25, -0.2) is 8.42 Å². The lowest BCUT2D eigenvalue weighted by Crippen LogP contribution is -2.42. The lowest BCUT2D eigenvalue weighted by atomic mass is 10.3. The molecule has 9 heteroatoms. The fourth-order valence-electron chi connectivity index (χ4n) is 1.91. The van der Waals surface area contributed by atoms with Crippen molar-refractivity contribution in [3.8, 4) is 0 Å². The van der Waals surface area contributed by atoms with E-state index < -0.39 is 26.9 Å². The molecule has 0 saturated heterocycles. The van der Waals surface area contributed by atoms with Crippen LogP contribution >= 0.6 is 11.3 Å². The Hall–Kier alpha value is -2.39. The first kappa shape index (κ1) is 18.0. The third-order valence-corrected chi connectivity index (χ3v) is 6.56. The van der Waals surface area contributed by atoms with E-state index in [2.05, 4.69) is 17.2 Å². The maximum Gasteiger partial charge on any atom is 0.309 e. The molecule has 2 amide bonds. The van der Waals surface area contributed by atoms with E-state index in [0.717, 1.165) is 11.3 Å². The molecule has 0 spiro atoms. The number of hydrogen-bond acceptors (Lipinski definition) is 6. The summed E-state index contributed by atoms with van der Waals surface area (Å²) in [6.07, 6.45) is 2.78. The van der Waals surface area contributed by atoms with Gasteiger partial charge in [0.2, 0.25) is 0 Å². The Kier molecular flexibility index (Phi) is 5.93. The standard InChI is InChI=1S/C15H16N2O5S2/c1-2-7-16-14(18)15(19)17-10-12(11-5-3-8-22-11)24(20,21)13-6-4-9-23-13/h2-6,8-9,12H,1,7,10H2,(H,16,18)(H,17,19)/t12-/m0/s1. The fourth-order valence-corrected chi connectivity index (χ4v) is 4.71. The van der Waals surface area contributed by atoms with Crippen LogP contribution in [0, 0.1) is 0 Å². The Morgan fingerprint density at radius 3 is 2.58 bits per heavy atom. The van der Waals surface area contributed by atoms with Crippen molar-refractivity contribution in [3.05, 3.63) is 54.3 Å². The van der Waals surface area contributed by atoms with E-state index >= 15 is 0 Å². The molecule has 0 aliphatic heterocycles. The van der Waals surface area contributed by atoms with Crippen LogP contribution < -0.4 is 10.6 Å². The summed E-state index contributed by atoms with van der Waals surface area (Å²) in [6, 6.07) is 6.18. The van der Waals surface area contributed by atoms with Gasteiger partial charge in [0.05, 0.1) is 6.26 Å². The molecule has 24 heavy (non-hydrogen) atoms. The summed E-state index contributed by atoms with van der Waals surface area (Å²) in [5.41, 5.74) is 0. The molecule has 1 atom stereocenters. The van der Waals surface area contributed by atoms with Crippen LogP contribution in [0.2, 0.25) is 0 Å². The summed E-state index contributed by atoms with van der Waals surface area (Å²) in [5.74, 6) is -1.59. The van der Waals surface area contributed by atoms with E-state index in [1.54, 1.807) is 17.5 Å². The van der Waals surface area contributed by atoms with Gasteiger partial charge < -0.3 is 15.1 Å². The van der Waals surface area contributed by atoms with E-state index in [1.165, 1.54) is 24.5 Å². The molecule has 2 N–H and O–H groups in total. The second-order valence-electron chi connectivity index (χ2n) is 4.69. The molecule has 0 bridgehead atoms. The number of furan rings is 1. The Morgan fingerprint density at radius 1 is 1.25 bits per heavy atom. The third kappa shape index (κ3) is 4.12. The van der Waals surface area contributed by atoms with Crippen molar-refractivity contribution in [2.24, 2.45) is 0 Å². The largest absolute Gasteiger partial charge is 0.468 e. The number of amides is 2. The molecule has 0 saturated carbocycles. The summed E-state index contributed by atoms with van der Waals surface area (Å²) in [7, 11) is -3.76. The van der Waals surface area contributed by atoms with E-state index in [0.29, 0.717) is 0 Å². The van der Waals surface area contributed by atoms with Gasteiger partial charge in [-0.1, -0.05) is 12.1 Å². The van der Waals surface area contributed by atoms with E-state index in [9.17, 15) is 18.0 Å². The molecule has 2 rings (SSSR count). The first-order chi connectivity index (χ1) is 11.5. The second-order valence-corrected chi connectivity index (χ2v) is 7.99. The maximum absolute atomic E-state index is 12.7. The molecule has 128 valence electrons. The Morgan fingerprint density at radius 2 is 2.00 bits per heavy atom. The van der Waals surface area contributed by atoms with Crippen LogP contribution in [-0.2, 0) is 19.4 Å². The van der Waals surface area contributed by atoms with Gasteiger partial charge >= 0.3 is 11.8 Å². The summed E-state index contributed by atoms with van der Waals surface area (Å²) in [4.78, 5) is 23.3. The highest BCUT2D eigenvalue weighted by atomic mass is 32.2. The first-order valence-electron chi connectivity index (χ1n) is 6.94. The zero-order valence-corrected chi connectivity index (χ0v) is 14.2. The lowest BCUT2D eigenvalue weighted by Gasteiger charge is -2.15. The van der Waals surface area contributed by atoms with Gasteiger partial charge in [0.25, 0.3) is 0 Å². The number of rotatable bonds is 7. The predicted molar refractivity (Wildman–Crippen MR) is 89.2 cm³/mol. The minimum atomic E-state index is -3.76. The average molecular weight is 368 g/mol. The van der Waals surface area contributed by atoms with Gasteiger partial charge in [-0.15, -0.1) is 17.9 Å². The smallest absolute Gasteiger partial charge is 0.309 e. The minimum absolute atomic E-state index is 0.140. The molecule has 2 aromatic rings. The Balaban J connectivity index is 2.16. The van der Waals surface area contributed by atoms with Crippen LogP contribution in [0.5, 0.6) is 0 Å². The maximum atomic E-state index is 12.7. The van der Waals surface area contributed by atoms with Crippen molar-refractivity contribution in [1.82, 2.24) is 10.6 Å². The lowest BCUT2D eigenvalue weighted by molar-refractivity contribution is -0.139. The first-order valence-corrected chi connectivity index (χ1v) is 9.37. The fraction of sp³-hybridized carbons (Fsp3) is 0.200. The SMILES string of the molecule is C=CCNC(=O)C(=O)NC[C@@H](c1ccco1)S(=O)(=O)c1cccs1. The van der Waals surface area contributed by atoms with E-state index in [-0.39, 0.29) is 23.1 Å². The summed E-state index contributed by atoms with van der Waals surface area (Å²) in [6.45, 7) is 3.28. The van der Waals surface area contributed by atoms with E-state index in [1.807, 2.05) is 0 Å². The Bertz CT molecular complexity index is 795. The van der Waals surface area contributed by atoms with Gasteiger partial charge in [0, 0.05) is 13.1 Å².